The SMILES string of the molecule is CCC[C@@H]1CC[C@H]([C@H](O)c2ccccc2Cl)C1. The minimum atomic E-state index is -0.384. The molecule has 2 rings (SSSR count). The van der Waals surface area contributed by atoms with Crippen LogP contribution in [0.5, 0.6) is 0 Å². The van der Waals surface area contributed by atoms with Crippen molar-refractivity contribution in [1.82, 2.24) is 0 Å². The lowest BCUT2D eigenvalue weighted by Crippen LogP contribution is -2.10. The highest BCUT2D eigenvalue weighted by molar-refractivity contribution is 6.31. The molecule has 0 aromatic heterocycles. The first kappa shape index (κ1) is 12.9. The first-order valence-corrected chi connectivity index (χ1v) is 7.02. The van der Waals surface area contributed by atoms with Crippen molar-refractivity contribution in [3.8, 4) is 0 Å². The fourth-order valence-electron chi connectivity index (χ4n) is 3.04. The summed E-state index contributed by atoms with van der Waals surface area (Å²) in [6.07, 6.45) is 5.72. The van der Waals surface area contributed by atoms with Crippen molar-refractivity contribution in [1.29, 1.82) is 0 Å². The van der Waals surface area contributed by atoms with Gasteiger partial charge in [-0.3, -0.25) is 0 Å². The number of aliphatic hydroxyl groups excluding tert-OH is 1. The second kappa shape index (κ2) is 5.88. The molecular formula is C15H21ClO. The Kier molecular flexibility index (Phi) is 4.47. The normalized spacial score (nSPS) is 26.1. The molecule has 0 spiro atoms. The van der Waals surface area contributed by atoms with E-state index in [0.29, 0.717) is 10.9 Å². The van der Waals surface area contributed by atoms with E-state index in [0.717, 1.165) is 24.3 Å². The van der Waals surface area contributed by atoms with Gasteiger partial charge in [0.15, 0.2) is 0 Å². The number of halogens is 1. The van der Waals surface area contributed by atoms with Crippen LogP contribution in [0, 0.1) is 11.8 Å². The van der Waals surface area contributed by atoms with Gasteiger partial charge in [-0.25, -0.2) is 0 Å². The first-order chi connectivity index (χ1) is 8.22. The largest absolute Gasteiger partial charge is 0.388 e. The van der Waals surface area contributed by atoms with E-state index in [1.807, 2.05) is 24.3 Å². The van der Waals surface area contributed by atoms with E-state index in [9.17, 15) is 5.11 Å². The fourth-order valence-corrected chi connectivity index (χ4v) is 3.29. The molecule has 1 aromatic carbocycles. The third-order valence-corrected chi connectivity index (χ3v) is 4.29. The van der Waals surface area contributed by atoms with Gasteiger partial charge in [-0.05, 0) is 36.3 Å². The van der Waals surface area contributed by atoms with Gasteiger partial charge >= 0.3 is 0 Å². The molecule has 1 aliphatic carbocycles. The van der Waals surface area contributed by atoms with Gasteiger partial charge in [0, 0.05) is 5.02 Å². The van der Waals surface area contributed by atoms with E-state index >= 15 is 0 Å². The van der Waals surface area contributed by atoms with Crippen LogP contribution in [-0.4, -0.2) is 5.11 Å². The van der Waals surface area contributed by atoms with Gasteiger partial charge in [-0.2, -0.15) is 0 Å². The summed E-state index contributed by atoms with van der Waals surface area (Å²) in [6.45, 7) is 2.23. The van der Waals surface area contributed by atoms with Gasteiger partial charge in [0.1, 0.15) is 0 Å². The molecule has 2 heteroatoms. The van der Waals surface area contributed by atoms with Crippen LogP contribution in [0.3, 0.4) is 0 Å². The molecule has 3 atom stereocenters. The average Bonchev–Trinajstić information content (AvgIpc) is 2.78. The Bertz CT molecular complexity index is 364. The summed E-state index contributed by atoms with van der Waals surface area (Å²) in [7, 11) is 0. The van der Waals surface area contributed by atoms with E-state index in [-0.39, 0.29) is 6.10 Å². The van der Waals surface area contributed by atoms with E-state index in [2.05, 4.69) is 6.92 Å². The van der Waals surface area contributed by atoms with E-state index in [1.165, 1.54) is 19.3 Å². The van der Waals surface area contributed by atoms with E-state index in [4.69, 9.17) is 11.6 Å². The Morgan fingerprint density at radius 2 is 2.12 bits per heavy atom. The van der Waals surface area contributed by atoms with E-state index < -0.39 is 0 Å². The predicted molar refractivity (Wildman–Crippen MR) is 72.2 cm³/mol. The lowest BCUT2D eigenvalue weighted by atomic mass is 9.92. The number of aliphatic hydroxyl groups is 1. The Morgan fingerprint density at radius 1 is 1.35 bits per heavy atom. The van der Waals surface area contributed by atoms with Crippen LogP contribution in [0.1, 0.15) is 50.7 Å². The van der Waals surface area contributed by atoms with Crippen molar-refractivity contribution in [3.63, 3.8) is 0 Å². The van der Waals surface area contributed by atoms with Gasteiger partial charge in [0.25, 0.3) is 0 Å². The van der Waals surface area contributed by atoms with Gasteiger partial charge in [0.2, 0.25) is 0 Å². The number of benzene rings is 1. The van der Waals surface area contributed by atoms with Crippen LogP contribution in [0.25, 0.3) is 0 Å². The Hall–Kier alpha value is -0.530. The van der Waals surface area contributed by atoms with Crippen molar-refractivity contribution in [2.24, 2.45) is 11.8 Å². The zero-order chi connectivity index (χ0) is 12.3. The maximum absolute atomic E-state index is 10.4. The quantitative estimate of drug-likeness (QED) is 0.831. The summed E-state index contributed by atoms with van der Waals surface area (Å²) in [5.74, 6) is 1.20. The molecule has 1 aliphatic rings. The molecule has 1 nitrogen and oxygen atoms in total. The lowest BCUT2D eigenvalue weighted by molar-refractivity contribution is 0.109. The minimum Gasteiger partial charge on any atom is -0.388 e. The standard InChI is InChI=1S/C15H21ClO/c1-2-5-11-8-9-12(10-11)15(17)13-6-3-4-7-14(13)16/h3-4,6-7,11-12,15,17H,2,5,8-10H2,1H3/t11-,12+,15+/m1/s1. The molecule has 0 aliphatic heterocycles. The van der Waals surface area contributed by atoms with Crippen molar-refractivity contribution in [2.75, 3.05) is 0 Å². The minimum absolute atomic E-state index is 0.384. The predicted octanol–water partition coefficient (Wildman–Crippen LogP) is 4.59. The zero-order valence-electron chi connectivity index (χ0n) is 10.4. The maximum Gasteiger partial charge on any atom is 0.0832 e. The Morgan fingerprint density at radius 3 is 2.82 bits per heavy atom. The molecule has 0 unspecified atom stereocenters. The molecule has 1 saturated carbocycles. The molecular weight excluding hydrogens is 232 g/mol. The zero-order valence-corrected chi connectivity index (χ0v) is 11.2. The lowest BCUT2D eigenvalue weighted by Gasteiger charge is -2.19. The maximum atomic E-state index is 10.4. The van der Waals surface area contributed by atoms with Crippen LogP contribution < -0.4 is 0 Å². The molecule has 0 amide bonds. The molecule has 0 saturated heterocycles. The van der Waals surface area contributed by atoms with Crippen molar-refractivity contribution in [2.45, 2.75) is 45.1 Å². The van der Waals surface area contributed by atoms with E-state index in [1.54, 1.807) is 0 Å². The molecule has 1 fully saturated rings. The molecule has 0 radical (unpaired) electrons. The van der Waals surface area contributed by atoms with Crippen LogP contribution in [0.2, 0.25) is 5.02 Å². The highest BCUT2D eigenvalue weighted by atomic mass is 35.5. The average molecular weight is 253 g/mol. The van der Waals surface area contributed by atoms with Gasteiger partial charge in [-0.15, -0.1) is 0 Å². The van der Waals surface area contributed by atoms with Crippen LogP contribution in [-0.2, 0) is 0 Å². The molecule has 17 heavy (non-hydrogen) atoms. The highest BCUT2D eigenvalue weighted by Crippen LogP contribution is 2.42. The van der Waals surface area contributed by atoms with Crippen LogP contribution in [0.4, 0.5) is 0 Å². The van der Waals surface area contributed by atoms with Crippen LogP contribution >= 0.6 is 11.6 Å². The molecule has 1 N–H and O–H groups in total. The summed E-state index contributed by atoms with van der Waals surface area (Å²) in [5, 5.41) is 11.1. The summed E-state index contributed by atoms with van der Waals surface area (Å²) >= 11 is 6.14. The summed E-state index contributed by atoms with van der Waals surface area (Å²) in [6, 6.07) is 7.66. The van der Waals surface area contributed by atoms with Crippen molar-refractivity contribution in [3.05, 3.63) is 34.9 Å². The molecule has 0 bridgehead atoms. The fraction of sp³-hybridized carbons (Fsp3) is 0.600. The Balaban J connectivity index is 2.02. The highest BCUT2D eigenvalue weighted by Gasteiger charge is 2.30. The molecule has 94 valence electrons. The van der Waals surface area contributed by atoms with Crippen LogP contribution in [0.15, 0.2) is 24.3 Å². The van der Waals surface area contributed by atoms with Gasteiger partial charge < -0.3 is 5.11 Å². The Labute approximate surface area is 109 Å². The number of rotatable bonds is 4. The molecule has 1 aromatic rings. The van der Waals surface area contributed by atoms with Crippen molar-refractivity contribution >= 4 is 11.6 Å². The summed E-state index contributed by atoms with van der Waals surface area (Å²) < 4.78 is 0. The smallest absolute Gasteiger partial charge is 0.0832 e. The second-order valence-corrected chi connectivity index (χ2v) is 5.60. The summed E-state index contributed by atoms with van der Waals surface area (Å²) in [4.78, 5) is 0. The van der Waals surface area contributed by atoms with Gasteiger partial charge in [-0.1, -0.05) is 56.0 Å². The summed E-state index contributed by atoms with van der Waals surface area (Å²) in [5.41, 5.74) is 0.899. The monoisotopic (exact) mass is 252 g/mol. The topological polar surface area (TPSA) is 20.2 Å². The second-order valence-electron chi connectivity index (χ2n) is 5.19. The first-order valence-electron chi connectivity index (χ1n) is 6.64. The van der Waals surface area contributed by atoms with Crippen molar-refractivity contribution < 1.29 is 5.11 Å². The van der Waals surface area contributed by atoms with Gasteiger partial charge in [0.05, 0.1) is 6.10 Å². The third kappa shape index (κ3) is 3.02. The molecule has 0 heterocycles. The number of hydrogen-bond acceptors (Lipinski definition) is 1. The third-order valence-electron chi connectivity index (χ3n) is 3.95. The number of hydrogen-bond donors (Lipinski definition) is 1.